The summed E-state index contributed by atoms with van der Waals surface area (Å²) in [6.07, 6.45) is 2.70. The SMILES string of the molecule is Cc1cc(F)cc2c(=O)c(C(=O)NCC(C)(O)c3ccco3)c[nH]c12. The van der Waals surface area contributed by atoms with Crippen LogP contribution in [0.5, 0.6) is 0 Å². The molecule has 7 heteroatoms. The van der Waals surface area contributed by atoms with Crippen LogP contribution in [-0.4, -0.2) is 22.5 Å². The highest BCUT2D eigenvalue weighted by Gasteiger charge is 2.27. The molecule has 1 unspecified atom stereocenters. The van der Waals surface area contributed by atoms with Crippen LogP contribution in [0.3, 0.4) is 0 Å². The van der Waals surface area contributed by atoms with Crippen molar-refractivity contribution in [3.05, 3.63) is 69.7 Å². The summed E-state index contributed by atoms with van der Waals surface area (Å²) in [4.78, 5) is 27.7. The van der Waals surface area contributed by atoms with Gasteiger partial charge in [0.2, 0.25) is 5.43 Å². The van der Waals surface area contributed by atoms with Gasteiger partial charge in [0.1, 0.15) is 22.7 Å². The van der Waals surface area contributed by atoms with Gasteiger partial charge >= 0.3 is 0 Å². The Bertz CT molecular complexity index is 990. The number of aliphatic hydroxyl groups is 1. The van der Waals surface area contributed by atoms with Crippen LogP contribution in [0, 0.1) is 12.7 Å². The van der Waals surface area contributed by atoms with Crippen LogP contribution < -0.4 is 10.7 Å². The van der Waals surface area contributed by atoms with Crippen molar-refractivity contribution >= 4 is 16.8 Å². The Hall–Kier alpha value is -2.93. The predicted molar refractivity (Wildman–Crippen MR) is 89.9 cm³/mol. The van der Waals surface area contributed by atoms with Crippen LogP contribution in [-0.2, 0) is 5.60 Å². The number of nitrogens with one attached hydrogen (secondary N) is 2. The zero-order chi connectivity index (χ0) is 18.2. The van der Waals surface area contributed by atoms with E-state index >= 15 is 0 Å². The lowest BCUT2D eigenvalue weighted by Gasteiger charge is -2.21. The molecule has 0 spiro atoms. The molecule has 3 rings (SSSR count). The number of halogens is 1. The molecular weight excluding hydrogens is 327 g/mol. The molecule has 3 N–H and O–H groups in total. The summed E-state index contributed by atoms with van der Waals surface area (Å²) in [5.74, 6) is -0.927. The minimum atomic E-state index is -1.43. The monoisotopic (exact) mass is 344 g/mol. The van der Waals surface area contributed by atoms with Crippen molar-refractivity contribution in [3.8, 4) is 0 Å². The first-order chi connectivity index (χ1) is 11.8. The molecule has 0 aliphatic heterocycles. The highest BCUT2D eigenvalue weighted by atomic mass is 19.1. The first-order valence-corrected chi connectivity index (χ1v) is 7.66. The summed E-state index contributed by atoms with van der Waals surface area (Å²) in [7, 11) is 0. The third-order valence-corrected chi connectivity index (χ3v) is 4.04. The third-order valence-electron chi connectivity index (χ3n) is 4.04. The van der Waals surface area contributed by atoms with Crippen molar-refractivity contribution in [3.63, 3.8) is 0 Å². The van der Waals surface area contributed by atoms with E-state index in [-0.39, 0.29) is 23.3 Å². The first kappa shape index (κ1) is 16.9. The van der Waals surface area contributed by atoms with Gasteiger partial charge in [0.15, 0.2) is 0 Å². The number of rotatable bonds is 4. The van der Waals surface area contributed by atoms with E-state index in [0.717, 1.165) is 6.07 Å². The normalized spacial score (nSPS) is 13.6. The van der Waals surface area contributed by atoms with Crippen LogP contribution in [0.4, 0.5) is 4.39 Å². The fourth-order valence-electron chi connectivity index (χ4n) is 2.66. The van der Waals surface area contributed by atoms with Crippen molar-refractivity contribution in [2.75, 3.05) is 6.54 Å². The quantitative estimate of drug-likeness (QED) is 0.676. The van der Waals surface area contributed by atoms with E-state index in [2.05, 4.69) is 10.3 Å². The molecule has 1 aromatic carbocycles. The number of amides is 1. The largest absolute Gasteiger partial charge is 0.466 e. The number of pyridine rings is 1. The Labute approximate surface area is 142 Å². The van der Waals surface area contributed by atoms with E-state index in [0.29, 0.717) is 11.1 Å². The molecule has 0 aliphatic rings. The number of benzene rings is 1. The number of carbonyl (C=O) groups excluding carboxylic acids is 1. The summed E-state index contributed by atoms with van der Waals surface area (Å²) < 4.78 is 18.7. The summed E-state index contributed by atoms with van der Waals surface area (Å²) >= 11 is 0. The number of hydrogen-bond donors (Lipinski definition) is 3. The Kier molecular flexibility index (Phi) is 4.18. The van der Waals surface area contributed by atoms with Gasteiger partial charge in [0, 0.05) is 11.6 Å². The van der Waals surface area contributed by atoms with Gasteiger partial charge in [0.25, 0.3) is 5.91 Å². The highest BCUT2D eigenvalue weighted by Crippen LogP contribution is 2.20. The molecule has 0 radical (unpaired) electrons. The average molecular weight is 344 g/mol. The first-order valence-electron chi connectivity index (χ1n) is 7.66. The molecular formula is C18H17FN2O4. The molecule has 0 aliphatic carbocycles. The number of aromatic amines is 1. The molecule has 1 amide bonds. The zero-order valence-electron chi connectivity index (χ0n) is 13.7. The molecule has 2 heterocycles. The maximum atomic E-state index is 13.6. The van der Waals surface area contributed by atoms with E-state index in [4.69, 9.17) is 4.42 Å². The van der Waals surface area contributed by atoms with Crippen molar-refractivity contribution in [1.82, 2.24) is 10.3 Å². The number of aryl methyl sites for hydroxylation is 1. The highest BCUT2D eigenvalue weighted by molar-refractivity contribution is 5.97. The van der Waals surface area contributed by atoms with Gasteiger partial charge in [0.05, 0.1) is 18.3 Å². The molecule has 0 saturated carbocycles. The van der Waals surface area contributed by atoms with Gasteiger partial charge in [-0.2, -0.15) is 0 Å². The molecule has 130 valence electrons. The van der Waals surface area contributed by atoms with Crippen LogP contribution in [0.1, 0.15) is 28.6 Å². The second-order valence-electron chi connectivity index (χ2n) is 6.11. The summed E-state index contributed by atoms with van der Waals surface area (Å²) in [6.45, 7) is 3.00. The average Bonchev–Trinajstić information content (AvgIpc) is 3.09. The molecule has 0 fully saturated rings. The molecule has 25 heavy (non-hydrogen) atoms. The Balaban J connectivity index is 1.88. The number of carbonyl (C=O) groups is 1. The van der Waals surface area contributed by atoms with Crippen molar-refractivity contribution < 1.29 is 18.7 Å². The van der Waals surface area contributed by atoms with Crippen LogP contribution in [0.25, 0.3) is 10.9 Å². The predicted octanol–water partition coefficient (Wildman–Crippen LogP) is 2.21. The second-order valence-corrected chi connectivity index (χ2v) is 6.11. The van der Waals surface area contributed by atoms with Crippen molar-refractivity contribution in [2.24, 2.45) is 0 Å². The van der Waals surface area contributed by atoms with Gasteiger partial charge in [-0.15, -0.1) is 0 Å². The molecule has 1 atom stereocenters. The van der Waals surface area contributed by atoms with Crippen molar-refractivity contribution in [2.45, 2.75) is 19.4 Å². The number of H-pyrrole nitrogens is 1. The third kappa shape index (κ3) is 3.18. The van der Waals surface area contributed by atoms with E-state index in [1.54, 1.807) is 19.1 Å². The lowest BCUT2D eigenvalue weighted by molar-refractivity contribution is 0.0330. The Morgan fingerprint density at radius 3 is 2.88 bits per heavy atom. The van der Waals surface area contributed by atoms with E-state index in [9.17, 15) is 19.1 Å². The zero-order valence-corrected chi connectivity index (χ0v) is 13.7. The number of aromatic nitrogens is 1. The smallest absolute Gasteiger partial charge is 0.256 e. The van der Waals surface area contributed by atoms with E-state index < -0.39 is 22.8 Å². The molecule has 2 aromatic heterocycles. The topological polar surface area (TPSA) is 95.3 Å². The van der Waals surface area contributed by atoms with Crippen LogP contribution in [0.2, 0.25) is 0 Å². The van der Waals surface area contributed by atoms with E-state index in [1.165, 1.54) is 25.5 Å². The van der Waals surface area contributed by atoms with Gasteiger partial charge < -0.3 is 19.8 Å². The fraction of sp³-hybridized carbons (Fsp3) is 0.222. The maximum Gasteiger partial charge on any atom is 0.256 e. The molecule has 0 bridgehead atoms. The number of hydrogen-bond acceptors (Lipinski definition) is 4. The van der Waals surface area contributed by atoms with Gasteiger partial charge in [-0.1, -0.05) is 0 Å². The van der Waals surface area contributed by atoms with Crippen LogP contribution >= 0.6 is 0 Å². The van der Waals surface area contributed by atoms with Gasteiger partial charge in [-0.05, 0) is 43.7 Å². The Morgan fingerprint density at radius 1 is 1.44 bits per heavy atom. The molecule has 0 saturated heterocycles. The number of fused-ring (bicyclic) bond motifs is 1. The molecule has 6 nitrogen and oxygen atoms in total. The molecule has 3 aromatic rings. The van der Waals surface area contributed by atoms with E-state index in [1.807, 2.05) is 0 Å². The summed E-state index contributed by atoms with van der Waals surface area (Å²) in [5.41, 5.74) is -1.12. The second kappa shape index (κ2) is 6.18. The van der Waals surface area contributed by atoms with Crippen LogP contribution in [0.15, 0.2) is 45.9 Å². The summed E-state index contributed by atoms with van der Waals surface area (Å²) in [6, 6.07) is 5.60. The number of furan rings is 1. The minimum absolute atomic E-state index is 0.0999. The fourth-order valence-corrected chi connectivity index (χ4v) is 2.66. The van der Waals surface area contributed by atoms with Crippen molar-refractivity contribution in [1.29, 1.82) is 0 Å². The standard InChI is InChI=1S/C18H17FN2O4/c1-10-6-11(19)7-12-15(10)20-8-13(16(12)22)17(23)21-9-18(2,24)14-4-3-5-25-14/h3-8,24H,9H2,1-2H3,(H,20,22)(H,21,23). The lowest BCUT2D eigenvalue weighted by Crippen LogP contribution is -2.39. The summed E-state index contributed by atoms with van der Waals surface area (Å²) in [5, 5.41) is 12.9. The minimum Gasteiger partial charge on any atom is -0.466 e. The maximum absolute atomic E-state index is 13.6. The van der Waals surface area contributed by atoms with Gasteiger partial charge in [-0.3, -0.25) is 9.59 Å². The Morgan fingerprint density at radius 2 is 2.20 bits per heavy atom. The van der Waals surface area contributed by atoms with Gasteiger partial charge in [-0.25, -0.2) is 4.39 Å². The lowest BCUT2D eigenvalue weighted by atomic mass is 10.0.